The Morgan fingerprint density at radius 1 is 1.14 bits per heavy atom. The third kappa shape index (κ3) is 2.86. The van der Waals surface area contributed by atoms with Gasteiger partial charge in [0.15, 0.2) is 0 Å². The number of benzene rings is 2. The van der Waals surface area contributed by atoms with Crippen molar-refractivity contribution in [3.8, 4) is 6.07 Å². The molecule has 5 heteroatoms. The van der Waals surface area contributed by atoms with Crippen LogP contribution in [0.15, 0.2) is 53.8 Å². The zero-order valence-electron chi connectivity index (χ0n) is 11.0. The van der Waals surface area contributed by atoms with Gasteiger partial charge in [-0.3, -0.25) is 0 Å². The van der Waals surface area contributed by atoms with Crippen molar-refractivity contribution >= 4 is 22.7 Å². The number of fused-ring (bicyclic) bond motifs is 1. The van der Waals surface area contributed by atoms with Crippen molar-refractivity contribution in [2.45, 2.75) is 10.8 Å². The molecule has 2 aromatic carbocycles. The Labute approximate surface area is 125 Å². The van der Waals surface area contributed by atoms with Crippen molar-refractivity contribution in [2.75, 3.05) is 0 Å². The van der Waals surface area contributed by atoms with Gasteiger partial charge in [0.2, 0.25) is 0 Å². The number of hydrogen-bond donors (Lipinski definition) is 0. The molecule has 0 aliphatic carbocycles. The Morgan fingerprint density at radius 3 is 2.86 bits per heavy atom. The van der Waals surface area contributed by atoms with Crippen molar-refractivity contribution in [1.82, 2.24) is 9.97 Å². The van der Waals surface area contributed by atoms with Gasteiger partial charge < -0.3 is 0 Å². The molecular formula is C16H10FN3S. The fraction of sp³-hybridized carbons (Fsp3) is 0.0625. The molecule has 0 N–H and O–H groups in total. The average molecular weight is 295 g/mol. The first-order chi connectivity index (χ1) is 10.3. The standard InChI is InChI=1S/C16H10FN3S/c17-14-6-5-11(8-18)7-12(14)9-21-16-13-3-1-2-4-15(13)19-10-20-16/h1-7,10H,9H2. The summed E-state index contributed by atoms with van der Waals surface area (Å²) in [6, 6.07) is 14.1. The highest BCUT2D eigenvalue weighted by Crippen LogP contribution is 2.28. The molecule has 0 aliphatic heterocycles. The summed E-state index contributed by atoms with van der Waals surface area (Å²) in [6.07, 6.45) is 1.51. The van der Waals surface area contributed by atoms with Gasteiger partial charge in [0.25, 0.3) is 0 Å². The van der Waals surface area contributed by atoms with Crippen molar-refractivity contribution in [2.24, 2.45) is 0 Å². The van der Waals surface area contributed by atoms with Crippen molar-refractivity contribution in [1.29, 1.82) is 5.26 Å². The first-order valence-electron chi connectivity index (χ1n) is 6.29. The number of hydrogen-bond acceptors (Lipinski definition) is 4. The second-order valence-corrected chi connectivity index (χ2v) is 5.37. The van der Waals surface area contributed by atoms with Gasteiger partial charge in [-0.25, -0.2) is 14.4 Å². The largest absolute Gasteiger partial charge is 0.236 e. The summed E-state index contributed by atoms with van der Waals surface area (Å²) in [5.41, 5.74) is 1.82. The molecule has 102 valence electrons. The number of nitriles is 1. The maximum atomic E-state index is 13.8. The van der Waals surface area contributed by atoms with Gasteiger partial charge in [-0.1, -0.05) is 18.2 Å². The van der Waals surface area contributed by atoms with Crippen LogP contribution in [-0.2, 0) is 5.75 Å². The van der Waals surface area contributed by atoms with Gasteiger partial charge in [0, 0.05) is 11.1 Å². The molecule has 0 atom stereocenters. The molecule has 21 heavy (non-hydrogen) atoms. The van der Waals surface area contributed by atoms with Crippen LogP contribution in [0.1, 0.15) is 11.1 Å². The average Bonchev–Trinajstić information content (AvgIpc) is 2.54. The number of para-hydroxylation sites is 1. The van der Waals surface area contributed by atoms with E-state index in [0.717, 1.165) is 15.9 Å². The van der Waals surface area contributed by atoms with E-state index in [0.29, 0.717) is 16.9 Å². The highest BCUT2D eigenvalue weighted by molar-refractivity contribution is 7.98. The van der Waals surface area contributed by atoms with E-state index >= 15 is 0 Å². The van der Waals surface area contributed by atoms with Crippen LogP contribution in [0.25, 0.3) is 10.9 Å². The Morgan fingerprint density at radius 2 is 2.00 bits per heavy atom. The SMILES string of the molecule is N#Cc1ccc(F)c(CSc2ncnc3ccccc23)c1. The molecule has 3 rings (SSSR count). The van der Waals surface area contributed by atoms with Crippen LogP contribution in [-0.4, -0.2) is 9.97 Å². The number of halogens is 1. The lowest BCUT2D eigenvalue weighted by Gasteiger charge is -2.06. The summed E-state index contributed by atoms with van der Waals surface area (Å²) in [4.78, 5) is 8.46. The van der Waals surface area contributed by atoms with Gasteiger partial charge in [-0.2, -0.15) is 5.26 Å². The van der Waals surface area contributed by atoms with E-state index in [-0.39, 0.29) is 5.82 Å². The molecular weight excluding hydrogens is 285 g/mol. The Kier molecular flexibility index (Phi) is 3.80. The summed E-state index contributed by atoms with van der Waals surface area (Å²) in [6.45, 7) is 0. The topological polar surface area (TPSA) is 49.6 Å². The van der Waals surface area contributed by atoms with Crippen LogP contribution < -0.4 is 0 Å². The van der Waals surface area contributed by atoms with E-state index in [1.807, 2.05) is 30.3 Å². The Bertz CT molecular complexity index is 837. The van der Waals surface area contributed by atoms with Crippen LogP contribution in [0.3, 0.4) is 0 Å². The minimum atomic E-state index is -0.306. The van der Waals surface area contributed by atoms with Crippen molar-refractivity contribution < 1.29 is 4.39 Å². The highest BCUT2D eigenvalue weighted by Gasteiger charge is 2.08. The van der Waals surface area contributed by atoms with Crippen LogP contribution in [0.2, 0.25) is 0 Å². The summed E-state index contributed by atoms with van der Waals surface area (Å²) < 4.78 is 13.8. The molecule has 0 radical (unpaired) electrons. The molecule has 0 unspecified atom stereocenters. The molecule has 3 nitrogen and oxygen atoms in total. The van der Waals surface area contributed by atoms with Crippen molar-refractivity contribution in [3.63, 3.8) is 0 Å². The van der Waals surface area contributed by atoms with Gasteiger partial charge in [0.05, 0.1) is 17.1 Å². The molecule has 1 heterocycles. The van der Waals surface area contributed by atoms with Crippen LogP contribution >= 0.6 is 11.8 Å². The lowest BCUT2D eigenvalue weighted by atomic mass is 10.1. The lowest BCUT2D eigenvalue weighted by Crippen LogP contribution is -1.91. The Hall–Kier alpha value is -2.45. The van der Waals surface area contributed by atoms with Gasteiger partial charge in [-0.15, -0.1) is 11.8 Å². The summed E-state index contributed by atoms with van der Waals surface area (Å²) in [5, 5.41) is 10.6. The lowest BCUT2D eigenvalue weighted by molar-refractivity contribution is 0.617. The van der Waals surface area contributed by atoms with Crippen molar-refractivity contribution in [3.05, 3.63) is 65.7 Å². The molecule has 0 aliphatic rings. The Balaban J connectivity index is 1.89. The molecule has 1 aromatic heterocycles. The molecule has 3 aromatic rings. The molecule has 0 saturated heterocycles. The molecule has 0 saturated carbocycles. The predicted octanol–water partition coefficient (Wildman–Crippen LogP) is 3.93. The second kappa shape index (κ2) is 5.90. The van der Waals surface area contributed by atoms with E-state index in [2.05, 4.69) is 9.97 Å². The maximum absolute atomic E-state index is 13.8. The zero-order chi connectivity index (χ0) is 14.7. The number of thioether (sulfide) groups is 1. The van der Waals surface area contributed by atoms with E-state index in [1.165, 1.54) is 30.2 Å². The number of aromatic nitrogens is 2. The summed E-state index contributed by atoms with van der Waals surface area (Å²) in [5.74, 6) is 0.113. The van der Waals surface area contributed by atoms with E-state index in [1.54, 1.807) is 6.07 Å². The quantitative estimate of drug-likeness (QED) is 0.542. The van der Waals surface area contributed by atoms with Crippen LogP contribution in [0.5, 0.6) is 0 Å². The third-order valence-corrected chi connectivity index (χ3v) is 4.10. The fourth-order valence-corrected chi connectivity index (χ4v) is 2.96. The zero-order valence-corrected chi connectivity index (χ0v) is 11.8. The van der Waals surface area contributed by atoms with Gasteiger partial charge >= 0.3 is 0 Å². The monoisotopic (exact) mass is 295 g/mol. The van der Waals surface area contributed by atoms with E-state index in [9.17, 15) is 4.39 Å². The number of rotatable bonds is 3. The van der Waals surface area contributed by atoms with Crippen LogP contribution in [0.4, 0.5) is 4.39 Å². The second-order valence-electron chi connectivity index (χ2n) is 4.40. The first-order valence-corrected chi connectivity index (χ1v) is 7.27. The van der Waals surface area contributed by atoms with Gasteiger partial charge in [0.1, 0.15) is 17.2 Å². The molecule has 0 amide bonds. The van der Waals surface area contributed by atoms with Crippen LogP contribution in [0, 0.1) is 17.1 Å². The number of nitrogens with zero attached hydrogens (tertiary/aromatic N) is 3. The molecule has 0 bridgehead atoms. The minimum Gasteiger partial charge on any atom is -0.236 e. The minimum absolute atomic E-state index is 0.306. The normalized spacial score (nSPS) is 10.5. The summed E-state index contributed by atoms with van der Waals surface area (Å²) >= 11 is 1.44. The van der Waals surface area contributed by atoms with E-state index < -0.39 is 0 Å². The molecule has 0 spiro atoms. The predicted molar refractivity (Wildman–Crippen MR) is 80.2 cm³/mol. The first kappa shape index (κ1) is 13.5. The van der Waals surface area contributed by atoms with Gasteiger partial charge in [-0.05, 0) is 29.8 Å². The van der Waals surface area contributed by atoms with E-state index in [4.69, 9.17) is 5.26 Å². The highest BCUT2D eigenvalue weighted by atomic mass is 32.2. The summed E-state index contributed by atoms with van der Waals surface area (Å²) in [7, 11) is 0. The third-order valence-electron chi connectivity index (χ3n) is 3.05. The smallest absolute Gasteiger partial charge is 0.127 e. The molecule has 0 fully saturated rings. The fourth-order valence-electron chi connectivity index (χ4n) is 2.00. The maximum Gasteiger partial charge on any atom is 0.127 e.